The van der Waals surface area contributed by atoms with Crippen LogP contribution in [-0.2, 0) is 6.54 Å². The Morgan fingerprint density at radius 3 is 2.77 bits per heavy atom. The topological polar surface area (TPSA) is 41.1 Å². The zero-order chi connectivity index (χ0) is 15.9. The molecule has 2 N–H and O–H groups in total. The molecule has 2 aromatic carbocycles. The predicted molar refractivity (Wildman–Crippen MR) is 89.0 cm³/mol. The van der Waals surface area contributed by atoms with Gasteiger partial charge in [-0.1, -0.05) is 40.0 Å². The Bertz CT molecular complexity index is 725. The van der Waals surface area contributed by atoms with Crippen molar-refractivity contribution >= 4 is 27.5 Å². The highest BCUT2D eigenvalue weighted by Crippen LogP contribution is 2.19. The van der Waals surface area contributed by atoms with Crippen LogP contribution in [0.15, 0.2) is 46.9 Å². The molecule has 22 heavy (non-hydrogen) atoms. The van der Waals surface area contributed by atoms with E-state index in [-0.39, 0.29) is 24.8 Å². The van der Waals surface area contributed by atoms with Crippen LogP contribution in [0.2, 0.25) is 0 Å². The van der Waals surface area contributed by atoms with Gasteiger partial charge in [0.2, 0.25) is 0 Å². The quantitative estimate of drug-likeness (QED) is 0.800. The van der Waals surface area contributed by atoms with Crippen LogP contribution < -0.4 is 10.6 Å². The molecular formula is C17H14BrFN2O. The van der Waals surface area contributed by atoms with Crippen LogP contribution in [0.25, 0.3) is 0 Å². The number of benzene rings is 2. The summed E-state index contributed by atoms with van der Waals surface area (Å²) in [6.07, 6.45) is 5.13. The van der Waals surface area contributed by atoms with E-state index in [9.17, 15) is 9.18 Å². The van der Waals surface area contributed by atoms with Gasteiger partial charge < -0.3 is 10.6 Å². The van der Waals surface area contributed by atoms with Gasteiger partial charge in [0.1, 0.15) is 5.82 Å². The Hall–Kier alpha value is -2.32. The number of hydrogen-bond acceptors (Lipinski definition) is 2. The van der Waals surface area contributed by atoms with Crippen molar-refractivity contribution in [1.29, 1.82) is 0 Å². The van der Waals surface area contributed by atoms with Crippen LogP contribution in [0.3, 0.4) is 0 Å². The third-order valence-corrected chi connectivity index (χ3v) is 3.50. The standard InChI is InChI=1S/C17H14BrFN2O/c1-2-9-20-17(22)14-5-3-4-6-16(14)21-11-12-7-8-13(18)10-15(12)19/h1,3-8,10,21H,9,11H2,(H,20,22). The fourth-order valence-corrected chi connectivity index (χ4v) is 2.25. The van der Waals surface area contributed by atoms with E-state index in [1.54, 1.807) is 36.4 Å². The van der Waals surface area contributed by atoms with Crippen LogP contribution in [0.5, 0.6) is 0 Å². The number of hydrogen-bond donors (Lipinski definition) is 2. The molecular weight excluding hydrogens is 347 g/mol. The average Bonchev–Trinajstić information content (AvgIpc) is 2.52. The summed E-state index contributed by atoms with van der Waals surface area (Å²) in [5, 5.41) is 5.69. The Labute approximate surface area is 137 Å². The Morgan fingerprint density at radius 1 is 1.27 bits per heavy atom. The summed E-state index contributed by atoms with van der Waals surface area (Å²) in [5.41, 5.74) is 1.61. The minimum absolute atomic E-state index is 0.161. The Morgan fingerprint density at radius 2 is 2.05 bits per heavy atom. The zero-order valence-electron chi connectivity index (χ0n) is 11.7. The van der Waals surface area contributed by atoms with E-state index in [0.717, 1.165) is 0 Å². The molecule has 2 aromatic rings. The first kappa shape index (κ1) is 16.1. The lowest BCUT2D eigenvalue weighted by molar-refractivity contribution is 0.0959. The number of halogens is 2. The third kappa shape index (κ3) is 4.09. The molecule has 0 saturated heterocycles. The van der Waals surface area contributed by atoms with E-state index in [1.165, 1.54) is 6.07 Å². The van der Waals surface area contributed by atoms with Gasteiger partial charge in [0.05, 0.1) is 12.1 Å². The first-order valence-corrected chi connectivity index (χ1v) is 7.39. The molecule has 0 atom stereocenters. The molecule has 0 aromatic heterocycles. The van der Waals surface area contributed by atoms with E-state index < -0.39 is 0 Å². The maximum atomic E-state index is 13.8. The summed E-state index contributed by atoms with van der Waals surface area (Å²) in [5.74, 6) is 1.78. The molecule has 2 rings (SSSR count). The Kier molecular flexibility index (Phi) is 5.56. The Balaban J connectivity index is 2.13. The second kappa shape index (κ2) is 7.62. The fourth-order valence-electron chi connectivity index (χ4n) is 1.92. The predicted octanol–water partition coefficient (Wildman–Crippen LogP) is 3.56. The van der Waals surface area contributed by atoms with Gasteiger partial charge in [-0.05, 0) is 24.3 Å². The SMILES string of the molecule is C#CCNC(=O)c1ccccc1NCc1ccc(Br)cc1F. The second-order valence-corrected chi connectivity index (χ2v) is 5.44. The third-order valence-electron chi connectivity index (χ3n) is 3.01. The number of nitrogens with one attached hydrogen (secondary N) is 2. The van der Waals surface area contributed by atoms with Gasteiger partial charge in [0.15, 0.2) is 0 Å². The molecule has 1 amide bonds. The van der Waals surface area contributed by atoms with Gasteiger partial charge >= 0.3 is 0 Å². The molecule has 0 spiro atoms. The molecule has 0 unspecified atom stereocenters. The van der Waals surface area contributed by atoms with E-state index in [2.05, 4.69) is 32.5 Å². The highest BCUT2D eigenvalue weighted by Gasteiger charge is 2.10. The summed E-state index contributed by atoms with van der Waals surface area (Å²) >= 11 is 3.22. The molecule has 0 aliphatic heterocycles. The van der Waals surface area contributed by atoms with Crippen molar-refractivity contribution in [3.05, 3.63) is 63.9 Å². The van der Waals surface area contributed by atoms with Crippen molar-refractivity contribution in [3.63, 3.8) is 0 Å². The smallest absolute Gasteiger partial charge is 0.254 e. The molecule has 112 valence electrons. The average molecular weight is 361 g/mol. The highest BCUT2D eigenvalue weighted by atomic mass is 79.9. The lowest BCUT2D eigenvalue weighted by Gasteiger charge is -2.12. The van der Waals surface area contributed by atoms with E-state index in [1.807, 2.05) is 0 Å². The van der Waals surface area contributed by atoms with Gasteiger partial charge in [0.25, 0.3) is 5.91 Å². The molecule has 0 bridgehead atoms. The van der Waals surface area contributed by atoms with Gasteiger partial charge in [-0.3, -0.25) is 4.79 Å². The minimum Gasteiger partial charge on any atom is -0.380 e. The molecule has 0 saturated carbocycles. The summed E-state index contributed by atoms with van der Waals surface area (Å²) in [6.45, 7) is 0.438. The molecule has 0 aliphatic rings. The monoisotopic (exact) mass is 360 g/mol. The van der Waals surface area contributed by atoms with E-state index in [0.29, 0.717) is 21.3 Å². The number of carbonyl (C=O) groups excluding carboxylic acids is 1. The van der Waals surface area contributed by atoms with Crippen molar-refractivity contribution in [1.82, 2.24) is 5.32 Å². The normalized spacial score (nSPS) is 9.86. The number of para-hydroxylation sites is 1. The maximum absolute atomic E-state index is 13.8. The molecule has 0 radical (unpaired) electrons. The minimum atomic E-state index is -0.309. The van der Waals surface area contributed by atoms with E-state index in [4.69, 9.17) is 6.42 Å². The lowest BCUT2D eigenvalue weighted by Crippen LogP contribution is -2.24. The number of amides is 1. The van der Waals surface area contributed by atoms with Crippen molar-refractivity contribution < 1.29 is 9.18 Å². The number of terminal acetylenes is 1. The van der Waals surface area contributed by atoms with Crippen LogP contribution >= 0.6 is 15.9 Å². The maximum Gasteiger partial charge on any atom is 0.254 e. The van der Waals surface area contributed by atoms with Crippen molar-refractivity contribution in [2.75, 3.05) is 11.9 Å². The molecule has 5 heteroatoms. The van der Waals surface area contributed by atoms with Gasteiger partial charge in [-0.25, -0.2) is 4.39 Å². The second-order valence-electron chi connectivity index (χ2n) is 4.52. The van der Waals surface area contributed by atoms with Crippen LogP contribution in [0.1, 0.15) is 15.9 Å². The van der Waals surface area contributed by atoms with Crippen LogP contribution in [-0.4, -0.2) is 12.5 Å². The first-order chi connectivity index (χ1) is 10.6. The van der Waals surface area contributed by atoms with Crippen LogP contribution in [0.4, 0.5) is 10.1 Å². The number of carbonyl (C=O) groups is 1. The summed E-state index contributed by atoms with van der Waals surface area (Å²) in [6, 6.07) is 11.9. The fraction of sp³-hybridized carbons (Fsp3) is 0.118. The first-order valence-electron chi connectivity index (χ1n) is 6.60. The molecule has 0 heterocycles. The summed E-state index contributed by atoms with van der Waals surface area (Å²) in [4.78, 5) is 12.0. The van der Waals surface area contributed by atoms with Gasteiger partial charge in [-0.2, -0.15) is 0 Å². The lowest BCUT2D eigenvalue weighted by atomic mass is 10.1. The summed E-state index contributed by atoms with van der Waals surface area (Å²) < 4.78 is 14.5. The number of anilines is 1. The van der Waals surface area contributed by atoms with Crippen LogP contribution in [0, 0.1) is 18.2 Å². The molecule has 3 nitrogen and oxygen atoms in total. The summed E-state index contributed by atoms with van der Waals surface area (Å²) in [7, 11) is 0. The van der Waals surface area contributed by atoms with Gasteiger partial charge in [0, 0.05) is 22.3 Å². The number of rotatable bonds is 5. The molecule has 0 aliphatic carbocycles. The largest absolute Gasteiger partial charge is 0.380 e. The highest BCUT2D eigenvalue weighted by molar-refractivity contribution is 9.10. The van der Waals surface area contributed by atoms with Gasteiger partial charge in [-0.15, -0.1) is 6.42 Å². The van der Waals surface area contributed by atoms with E-state index >= 15 is 0 Å². The van der Waals surface area contributed by atoms with Crippen molar-refractivity contribution in [3.8, 4) is 12.3 Å². The van der Waals surface area contributed by atoms with Crippen molar-refractivity contribution in [2.24, 2.45) is 0 Å². The van der Waals surface area contributed by atoms with Crippen molar-refractivity contribution in [2.45, 2.75) is 6.54 Å². The molecule has 0 fully saturated rings. The zero-order valence-corrected chi connectivity index (χ0v) is 13.3.